The minimum atomic E-state index is -0.465. The summed E-state index contributed by atoms with van der Waals surface area (Å²) in [6.45, 7) is 2.31. The summed E-state index contributed by atoms with van der Waals surface area (Å²) in [7, 11) is 1.68. The molecule has 0 aliphatic rings. The molecule has 0 atom stereocenters. The summed E-state index contributed by atoms with van der Waals surface area (Å²) in [5, 5.41) is 10.4. The van der Waals surface area contributed by atoms with E-state index in [1.54, 1.807) is 7.05 Å². The molecule has 0 radical (unpaired) electrons. The van der Waals surface area contributed by atoms with Crippen LogP contribution in [0.25, 0.3) is 0 Å². The molecule has 0 fully saturated rings. The highest BCUT2D eigenvalue weighted by atomic mass is 16.6. The molecular weight excluding hydrogens is 224 g/mol. The smallest absolute Gasteiger partial charge is 0.269 e. The second-order valence-electron chi connectivity index (χ2n) is 3.54. The van der Waals surface area contributed by atoms with Gasteiger partial charge in [0.2, 0.25) is 5.91 Å². The lowest BCUT2D eigenvalue weighted by molar-refractivity contribution is -0.384. The highest BCUT2D eigenvalue weighted by Crippen LogP contribution is 2.17. The van der Waals surface area contributed by atoms with Gasteiger partial charge >= 0.3 is 0 Å². The number of hydrogen-bond acceptors (Lipinski definition) is 4. The highest BCUT2D eigenvalue weighted by Gasteiger charge is 2.05. The highest BCUT2D eigenvalue weighted by molar-refractivity contribution is 5.72. The molecule has 0 aromatic heterocycles. The third-order valence-electron chi connectivity index (χ3n) is 2.28. The molecule has 0 saturated heterocycles. The molecule has 1 aromatic rings. The van der Waals surface area contributed by atoms with E-state index in [4.69, 9.17) is 4.74 Å². The van der Waals surface area contributed by atoms with Crippen molar-refractivity contribution in [1.29, 1.82) is 0 Å². The summed E-state index contributed by atoms with van der Waals surface area (Å²) in [6, 6.07) is 5.83. The molecule has 17 heavy (non-hydrogen) atoms. The van der Waals surface area contributed by atoms with E-state index in [0.29, 0.717) is 18.9 Å². The Hall–Kier alpha value is -2.11. The van der Waals surface area contributed by atoms with Crippen LogP contribution in [0.2, 0.25) is 0 Å². The second-order valence-corrected chi connectivity index (χ2v) is 3.54. The number of carbonyl (C=O) groups is 1. The number of nitro benzene ring substituents is 1. The van der Waals surface area contributed by atoms with Gasteiger partial charge in [-0.15, -0.1) is 0 Å². The molecule has 0 heterocycles. The van der Waals surface area contributed by atoms with Gasteiger partial charge in [0.25, 0.3) is 5.69 Å². The van der Waals surface area contributed by atoms with E-state index in [1.807, 2.05) is 0 Å². The van der Waals surface area contributed by atoms with Gasteiger partial charge in [-0.3, -0.25) is 14.9 Å². The average molecular weight is 238 g/mol. The van der Waals surface area contributed by atoms with Gasteiger partial charge in [0.15, 0.2) is 0 Å². The predicted molar refractivity (Wildman–Crippen MR) is 61.9 cm³/mol. The average Bonchev–Trinajstić information content (AvgIpc) is 2.29. The lowest BCUT2D eigenvalue weighted by Crippen LogP contribution is -2.28. The van der Waals surface area contributed by atoms with Crippen molar-refractivity contribution in [3.63, 3.8) is 0 Å². The first-order valence-corrected chi connectivity index (χ1v) is 5.09. The quantitative estimate of drug-likeness (QED) is 0.575. The summed E-state index contributed by atoms with van der Waals surface area (Å²) in [5.74, 6) is 0.518. The summed E-state index contributed by atoms with van der Waals surface area (Å²) < 4.78 is 5.35. The molecule has 0 spiro atoms. The van der Waals surface area contributed by atoms with E-state index in [1.165, 1.54) is 36.1 Å². The van der Waals surface area contributed by atoms with Crippen molar-refractivity contribution < 1.29 is 14.5 Å². The van der Waals surface area contributed by atoms with Crippen LogP contribution in [0.5, 0.6) is 5.75 Å². The first kappa shape index (κ1) is 13.0. The number of amides is 1. The maximum absolute atomic E-state index is 10.9. The third-order valence-corrected chi connectivity index (χ3v) is 2.28. The Kier molecular flexibility index (Phi) is 4.45. The Bertz CT molecular complexity index is 402. The fourth-order valence-corrected chi connectivity index (χ4v) is 1.12. The summed E-state index contributed by atoms with van der Waals surface area (Å²) in [6.07, 6.45) is 0. The van der Waals surface area contributed by atoms with Gasteiger partial charge in [0.05, 0.1) is 11.5 Å². The van der Waals surface area contributed by atoms with Crippen molar-refractivity contribution in [3.05, 3.63) is 34.4 Å². The lowest BCUT2D eigenvalue weighted by Gasteiger charge is -2.14. The van der Waals surface area contributed by atoms with Crippen molar-refractivity contribution in [2.24, 2.45) is 0 Å². The zero-order valence-corrected chi connectivity index (χ0v) is 9.75. The SMILES string of the molecule is CC(=O)N(C)CCOc1ccc([N+](=O)[O-])cc1. The number of nitro groups is 1. The fraction of sp³-hybridized carbons (Fsp3) is 0.364. The number of hydrogen-bond donors (Lipinski definition) is 0. The normalized spacial score (nSPS) is 9.76. The molecule has 0 aliphatic heterocycles. The Labute approximate surface area is 98.9 Å². The Morgan fingerprint density at radius 1 is 1.41 bits per heavy atom. The molecule has 6 heteroatoms. The van der Waals surface area contributed by atoms with Crippen LogP contribution in [0, 0.1) is 10.1 Å². The van der Waals surface area contributed by atoms with E-state index in [-0.39, 0.29) is 11.6 Å². The first-order valence-electron chi connectivity index (χ1n) is 5.09. The molecule has 0 N–H and O–H groups in total. The van der Waals surface area contributed by atoms with Crippen molar-refractivity contribution >= 4 is 11.6 Å². The summed E-state index contributed by atoms with van der Waals surface area (Å²) in [5.41, 5.74) is 0.0261. The van der Waals surface area contributed by atoms with Gasteiger partial charge in [-0.05, 0) is 12.1 Å². The predicted octanol–water partition coefficient (Wildman–Crippen LogP) is 1.45. The van der Waals surface area contributed by atoms with E-state index in [9.17, 15) is 14.9 Å². The molecule has 0 bridgehead atoms. The molecule has 1 amide bonds. The van der Waals surface area contributed by atoms with Crippen LogP contribution in [-0.2, 0) is 4.79 Å². The molecule has 92 valence electrons. The minimum absolute atomic E-state index is 0.0261. The van der Waals surface area contributed by atoms with Gasteiger partial charge in [0, 0.05) is 26.1 Å². The van der Waals surface area contributed by atoms with Crippen LogP contribution in [0.15, 0.2) is 24.3 Å². The zero-order chi connectivity index (χ0) is 12.8. The molecule has 0 aliphatic carbocycles. The molecule has 0 unspecified atom stereocenters. The molecule has 1 aromatic carbocycles. The van der Waals surface area contributed by atoms with Crippen molar-refractivity contribution in [2.45, 2.75) is 6.92 Å². The molecule has 1 rings (SSSR count). The van der Waals surface area contributed by atoms with E-state index < -0.39 is 4.92 Å². The van der Waals surface area contributed by atoms with Crippen molar-refractivity contribution in [1.82, 2.24) is 4.90 Å². The number of non-ortho nitro benzene ring substituents is 1. The third kappa shape index (κ3) is 4.10. The Morgan fingerprint density at radius 2 is 2.00 bits per heavy atom. The number of ether oxygens (including phenoxy) is 1. The lowest BCUT2D eigenvalue weighted by atomic mass is 10.3. The number of likely N-dealkylation sites (N-methyl/N-ethyl adjacent to an activating group) is 1. The molecule has 6 nitrogen and oxygen atoms in total. The van der Waals surface area contributed by atoms with Crippen LogP contribution >= 0.6 is 0 Å². The maximum Gasteiger partial charge on any atom is 0.269 e. The van der Waals surface area contributed by atoms with Crippen LogP contribution in [0.3, 0.4) is 0 Å². The largest absolute Gasteiger partial charge is 0.492 e. The van der Waals surface area contributed by atoms with Gasteiger partial charge in [-0.1, -0.05) is 0 Å². The van der Waals surface area contributed by atoms with Crippen LogP contribution in [-0.4, -0.2) is 35.9 Å². The minimum Gasteiger partial charge on any atom is -0.492 e. The number of carbonyl (C=O) groups excluding carboxylic acids is 1. The van der Waals surface area contributed by atoms with Gasteiger partial charge in [0.1, 0.15) is 12.4 Å². The fourth-order valence-electron chi connectivity index (χ4n) is 1.12. The van der Waals surface area contributed by atoms with Crippen LogP contribution in [0.4, 0.5) is 5.69 Å². The number of nitrogens with zero attached hydrogens (tertiary/aromatic N) is 2. The van der Waals surface area contributed by atoms with E-state index >= 15 is 0 Å². The number of rotatable bonds is 5. The second kappa shape index (κ2) is 5.83. The van der Waals surface area contributed by atoms with Crippen LogP contribution in [0.1, 0.15) is 6.92 Å². The maximum atomic E-state index is 10.9. The topological polar surface area (TPSA) is 72.7 Å². The van der Waals surface area contributed by atoms with Gasteiger partial charge in [-0.2, -0.15) is 0 Å². The van der Waals surface area contributed by atoms with Gasteiger partial charge in [-0.25, -0.2) is 0 Å². The Morgan fingerprint density at radius 3 is 2.47 bits per heavy atom. The summed E-state index contributed by atoms with van der Waals surface area (Å²) >= 11 is 0. The zero-order valence-electron chi connectivity index (χ0n) is 9.75. The first-order chi connectivity index (χ1) is 8.00. The van der Waals surface area contributed by atoms with Crippen molar-refractivity contribution in [3.8, 4) is 5.75 Å². The van der Waals surface area contributed by atoms with Gasteiger partial charge < -0.3 is 9.64 Å². The number of benzene rings is 1. The summed E-state index contributed by atoms with van der Waals surface area (Å²) in [4.78, 5) is 22.4. The Balaban J connectivity index is 2.42. The molecular formula is C11H14N2O4. The molecule has 0 saturated carbocycles. The van der Waals surface area contributed by atoms with E-state index in [2.05, 4.69) is 0 Å². The van der Waals surface area contributed by atoms with Crippen LogP contribution < -0.4 is 4.74 Å². The monoisotopic (exact) mass is 238 g/mol. The van der Waals surface area contributed by atoms with Crippen molar-refractivity contribution in [2.75, 3.05) is 20.2 Å². The van der Waals surface area contributed by atoms with E-state index in [0.717, 1.165) is 0 Å². The standard InChI is InChI=1S/C11H14N2O4/c1-9(14)12(2)7-8-17-11-5-3-10(4-6-11)13(15)16/h3-6H,7-8H2,1-2H3.